The van der Waals surface area contributed by atoms with E-state index < -0.39 is 0 Å². The molecule has 0 radical (unpaired) electrons. The molecular weight excluding hydrogens is 215 g/mol. The fourth-order valence-corrected chi connectivity index (χ4v) is 1.71. The molecule has 0 aliphatic carbocycles. The highest BCUT2D eigenvalue weighted by Crippen LogP contribution is 2.22. The first-order valence-electron chi connectivity index (χ1n) is 5.96. The summed E-state index contributed by atoms with van der Waals surface area (Å²) in [4.78, 5) is 0. The van der Waals surface area contributed by atoms with Gasteiger partial charge in [0, 0.05) is 24.0 Å². The van der Waals surface area contributed by atoms with Gasteiger partial charge in [-0.15, -0.1) is 0 Å². The van der Waals surface area contributed by atoms with Crippen molar-refractivity contribution in [3.8, 4) is 0 Å². The average Bonchev–Trinajstić information content (AvgIpc) is 2.15. The highest BCUT2D eigenvalue weighted by Gasteiger charge is 2.21. The third-order valence-corrected chi connectivity index (χ3v) is 2.75. The molecule has 0 atom stereocenters. The monoisotopic (exact) mass is 238 g/mol. The van der Waals surface area contributed by atoms with Crippen molar-refractivity contribution in [2.45, 2.75) is 38.6 Å². The van der Waals surface area contributed by atoms with Gasteiger partial charge in [0.1, 0.15) is 5.82 Å². The summed E-state index contributed by atoms with van der Waals surface area (Å²) in [5, 5.41) is 3.34. The molecule has 2 nitrogen and oxygen atoms in total. The Balaban J connectivity index is 2.62. The minimum Gasteiger partial charge on any atom is -0.324 e. The predicted octanol–water partition coefficient (Wildman–Crippen LogP) is 2.43. The lowest BCUT2D eigenvalue weighted by atomic mass is 9.84. The molecule has 0 fully saturated rings. The molecule has 0 bridgehead atoms. The molecule has 96 valence electrons. The van der Waals surface area contributed by atoms with Crippen LogP contribution in [0.2, 0.25) is 0 Å². The van der Waals surface area contributed by atoms with Gasteiger partial charge >= 0.3 is 0 Å². The summed E-state index contributed by atoms with van der Waals surface area (Å²) < 4.78 is 13.2. The van der Waals surface area contributed by atoms with E-state index in [0.717, 1.165) is 18.7 Å². The van der Waals surface area contributed by atoms with Crippen LogP contribution < -0.4 is 11.1 Å². The van der Waals surface area contributed by atoms with E-state index in [1.807, 2.05) is 19.9 Å². The second kappa shape index (κ2) is 5.15. The Morgan fingerprint density at radius 1 is 1.18 bits per heavy atom. The molecule has 3 N–H and O–H groups in total. The second-order valence-corrected chi connectivity index (χ2v) is 5.99. The van der Waals surface area contributed by atoms with Crippen LogP contribution in [-0.2, 0) is 5.41 Å². The van der Waals surface area contributed by atoms with Gasteiger partial charge < -0.3 is 11.1 Å². The zero-order valence-corrected chi connectivity index (χ0v) is 11.2. The van der Waals surface area contributed by atoms with Gasteiger partial charge in [0.2, 0.25) is 0 Å². The van der Waals surface area contributed by atoms with Gasteiger partial charge in [-0.05, 0) is 31.5 Å². The van der Waals surface area contributed by atoms with Gasteiger partial charge in [-0.3, -0.25) is 0 Å². The van der Waals surface area contributed by atoms with E-state index in [0.29, 0.717) is 0 Å². The van der Waals surface area contributed by atoms with Gasteiger partial charge in [0.15, 0.2) is 0 Å². The smallest absolute Gasteiger partial charge is 0.123 e. The molecule has 1 aromatic rings. The molecule has 3 heteroatoms. The largest absolute Gasteiger partial charge is 0.324 e. The maximum absolute atomic E-state index is 13.2. The van der Waals surface area contributed by atoms with E-state index in [-0.39, 0.29) is 16.8 Å². The van der Waals surface area contributed by atoms with Crippen molar-refractivity contribution >= 4 is 0 Å². The van der Waals surface area contributed by atoms with E-state index in [2.05, 4.69) is 19.2 Å². The molecule has 0 unspecified atom stereocenters. The Labute approximate surface area is 103 Å². The lowest BCUT2D eigenvalue weighted by Gasteiger charge is -2.28. The van der Waals surface area contributed by atoms with Crippen molar-refractivity contribution in [1.82, 2.24) is 5.32 Å². The first-order chi connectivity index (χ1) is 7.71. The Kier molecular flexibility index (Phi) is 4.28. The maximum Gasteiger partial charge on any atom is 0.123 e. The van der Waals surface area contributed by atoms with E-state index in [4.69, 9.17) is 5.73 Å². The molecule has 1 rings (SSSR count). The lowest BCUT2D eigenvalue weighted by molar-refractivity contribution is 0.410. The third-order valence-electron chi connectivity index (χ3n) is 2.75. The third kappa shape index (κ3) is 4.84. The van der Waals surface area contributed by atoms with Crippen LogP contribution in [0.15, 0.2) is 24.3 Å². The zero-order valence-electron chi connectivity index (χ0n) is 11.2. The number of nitrogens with one attached hydrogen (secondary N) is 1. The van der Waals surface area contributed by atoms with Crippen LogP contribution in [0.1, 0.15) is 33.3 Å². The standard InChI is InChI=1S/C14H23FN2/c1-13(2,9-17-10-14(3,4)16)11-6-5-7-12(15)8-11/h5-8,17H,9-10,16H2,1-4H3. The molecule has 0 amide bonds. The van der Waals surface area contributed by atoms with Crippen LogP contribution in [-0.4, -0.2) is 18.6 Å². The first-order valence-corrected chi connectivity index (χ1v) is 5.96. The van der Waals surface area contributed by atoms with Crippen molar-refractivity contribution in [2.24, 2.45) is 5.73 Å². The average molecular weight is 238 g/mol. The predicted molar refractivity (Wildman–Crippen MR) is 70.6 cm³/mol. The number of benzene rings is 1. The van der Waals surface area contributed by atoms with Gasteiger partial charge in [-0.2, -0.15) is 0 Å². The summed E-state index contributed by atoms with van der Waals surface area (Å²) in [6.45, 7) is 9.67. The summed E-state index contributed by atoms with van der Waals surface area (Å²) in [6.07, 6.45) is 0. The maximum atomic E-state index is 13.2. The van der Waals surface area contributed by atoms with Crippen LogP contribution in [0, 0.1) is 5.82 Å². The van der Waals surface area contributed by atoms with Crippen molar-refractivity contribution in [3.63, 3.8) is 0 Å². The fourth-order valence-electron chi connectivity index (χ4n) is 1.71. The van der Waals surface area contributed by atoms with Crippen LogP contribution in [0.3, 0.4) is 0 Å². The van der Waals surface area contributed by atoms with Crippen LogP contribution in [0.5, 0.6) is 0 Å². The van der Waals surface area contributed by atoms with Crippen LogP contribution >= 0.6 is 0 Å². The van der Waals surface area contributed by atoms with E-state index in [1.165, 1.54) is 6.07 Å². The molecule has 0 heterocycles. The first kappa shape index (κ1) is 14.1. The molecule has 0 aliphatic rings. The van der Waals surface area contributed by atoms with Crippen LogP contribution in [0.25, 0.3) is 0 Å². The number of hydrogen-bond donors (Lipinski definition) is 2. The Hall–Kier alpha value is -0.930. The summed E-state index contributed by atoms with van der Waals surface area (Å²) in [5.74, 6) is -0.185. The number of hydrogen-bond acceptors (Lipinski definition) is 2. The molecule has 0 aromatic heterocycles. The second-order valence-electron chi connectivity index (χ2n) is 5.99. The summed E-state index contributed by atoms with van der Waals surface area (Å²) in [6, 6.07) is 6.77. The summed E-state index contributed by atoms with van der Waals surface area (Å²) >= 11 is 0. The number of nitrogens with two attached hydrogens (primary N) is 1. The lowest BCUT2D eigenvalue weighted by Crippen LogP contribution is -2.46. The molecule has 0 spiro atoms. The van der Waals surface area contributed by atoms with Gasteiger partial charge in [-0.25, -0.2) is 4.39 Å². The highest BCUT2D eigenvalue weighted by atomic mass is 19.1. The Bertz CT molecular complexity index is 367. The Morgan fingerprint density at radius 3 is 2.35 bits per heavy atom. The van der Waals surface area contributed by atoms with Crippen molar-refractivity contribution in [2.75, 3.05) is 13.1 Å². The SMILES string of the molecule is CC(C)(N)CNCC(C)(C)c1cccc(F)c1. The highest BCUT2D eigenvalue weighted by molar-refractivity contribution is 5.24. The van der Waals surface area contributed by atoms with Crippen molar-refractivity contribution in [1.29, 1.82) is 0 Å². The van der Waals surface area contributed by atoms with E-state index in [9.17, 15) is 4.39 Å². The number of rotatable bonds is 5. The molecule has 17 heavy (non-hydrogen) atoms. The van der Waals surface area contributed by atoms with Gasteiger partial charge in [0.25, 0.3) is 0 Å². The topological polar surface area (TPSA) is 38.0 Å². The molecule has 0 saturated carbocycles. The van der Waals surface area contributed by atoms with Gasteiger partial charge in [-0.1, -0.05) is 26.0 Å². The molecular formula is C14H23FN2. The van der Waals surface area contributed by atoms with E-state index in [1.54, 1.807) is 12.1 Å². The van der Waals surface area contributed by atoms with Crippen LogP contribution in [0.4, 0.5) is 4.39 Å². The van der Waals surface area contributed by atoms with Crippen molar-refractivity contribution in [3.05, 3.63) is 35.6 Å². The Morgan fingerprint density at radius 2 is 1.82 bits per heavy atom. The minimum atomic E-state index is -0.224. The summed E-state index contributed by atoms with van der Waals surface area (Å²) in [7, 11) is 0. The minimum absolute atomic E-state index is 0.104. The molecule has 0 saturated heterocycles. The van der Waals surface area contributed by atoms with Gasteiger partial charge in [0.05, 0.1) is 0 Å². The molecule has 1 aromatic carbocycles. The summed E-state index contributed by atoms with van der Waals surface area (Å²) in [5.41, 5.74) is 6.58. The fraction of sp³-hybridized carbons (Fsp3) is 0.571. The van der Waals surface area contributed by atoms with Crippen molar-refractivity contribution < 1.29 is 4.39 Å². The quantitative estimate of drug-likeness (QED) is 0.827. The normalized spacial score (nSPS) is 12.8. The molecule has 0 aliphatic heterocycles. The van der Waals surface area contributed by atoms with E-state index >= 15 is 0 Å². The number of halogens is 1. The zero-order chi connectivity index (χ0) is 13.1.